The molecule has 0 unspecified atom stereocenters. The molecule has 4 nitrogen and oxygen atoms in total. The standard InChI is InChI=1S/C7H14N2O2S2/c1-8-6(12)9-5-7(3-4-7)13(2,10)11/h3-5H2,1-2H3,(H2,8,9,12). The summed E-state index contributed by atoms with van der Waals surface area (Å²) in [6.07, 6.45) is 2.76. The van der Waals surface area contributed by atoms with Crippen LogP contribution in [0.15, 0.2) is 0 Å². The van der Waals surface area contributed by atoms with E-state index in [2.05, 4.69) is 10.6 Å². The SMILES string of the molecule is CNC(=S)NCC1(S(C)(=O)=O)CC1. The minimum atomic E-state index is -2.95. The number of hydrogen-bond donors (Lipinski definition) is 2. The monoisotopic (exact) mass is 222 g/mol. The molecule has 0 spiro atoms. The van der Waals surface area contributed by atoms with Crippen LogP contribution in [0.5, 0.6) is 0 Å². The maximum atomic E-state index is 11.3. The Kier molecular flexibility index (Phi) is 2.82. The van der Waals surface area contributed by atoms with Crippen LogP contribution >= 0.6 is 12.2 Å². The van der Waals surface area contributed by atoms with Crippen LogP contribution in [0.2, 0.25) is 0 Å². The maximum Gasteiger partial charge on any atom is 0.166 e. The van der Waals surface area contributed by atoms with Crippen molar-refractivity contribution in [1.82, 2.24) is 10.6 Å². The molecule has 0 aromatic heterocycles. The summed E-state index contributed by atoms with van der Waals surface area (Å²) in [5, 5.41) is 6.12. The summed E-state index contributed by atoms with van der Waals surface area (Å²) >= 11 is 4.86. The van der Waals surface area contributed by atoms with Crippen LogP contribution in [-0.2, 0) is 9.84 Å². The van der Waals surface area contributed by atoms with Gasteiger partial charge in [0, 0.05) is 19.8 Å². The van der Waals surface area contributed by atoms with Crippen LogP contribution in [0.4, 0.5) is 0 Å². The molecular weight excluding hydrogens is 208 g/mol. The minimum Gasteiger partial charge on any atom is -0.366 e. The normalized spacial score (nSPS) is 19.2. The van der Waals surface area contributed by atoms with E-state index in [0.717, 1.165) is 12.8 Å². The number of nitrogens with one attached hydrogen (secondary N) is 2. The number of rotatable bonds is 3. The van der Waals surface area contributed by atoms with Crippen molar-refractivity contribution < 1.29 is 8.42 Å². The lowest BCUT2D eigenvalue weighted by Gasteiger charge is -2.14. The molecule has 0 atom stereocenters. The Labute approximate surface area is 84.0 Å². The summed E-state index contributed by atoms with van der Waals surface area (Å²) in [4.78, 5) is 0. The Morgan fingerprint density at radius 1 is 1.54 bits per heavy atom. The number of hydrogen-bond acceptors (Lipinski definition) is 3. The third kappa shape index (κ3) is 2.31. The smallest absolute Gasteiger partial charge is 0.166 e. The highest BCUT2D eigenvalue weighted by Gasteiger charge is 2.51. The first-order chi connectivity index (χ1) is 5.91. The van der Waals surface area contributed by atoms with Gasteiger partial charge in [-0.15, -0.1) is 0 Å². The average molecular weight is 222 g/mol. The second-order valence-electron chi connectivity index (χ2n) is 3.39. The highest BCUT2D eigenvalue weighted by Crippen LogP contribution is 2.42. The van der Waals surface area contributed by atoms with Crippen molar-refractivity contribution in [3.63, 3.8) is 0 Å². The van der Waals surface area contributed by atoms with Crippen molar-refractivity contribution in [2.24, 2.45) is 0 Å². The van der Waals surface area contributed by atoms with E-state index in [1.807, 2.05) is 0 Å². The number of thiocarbonyl (C=S) groups is 1. The van der Waals surface area contributed by atoms with E-state index >= 15 is 0 Å². The van der Waals surface area contributed by atoms with Crippen LogP contribution in [0.3, 0.4) is 0 Å². The predicted molar refractivity (Wildman–Crippen MR) is 56.5 cm³/mol. The van der Waals surface area contributed by atoms with Gasteiger partial charge in [0.2, 0.25) is 0 Å². The van der Waals surface area contributed by atoms with Crippen LogP contribution in [0.25, 0.3) is 0 Å². The summed E-state index contributed by atoms with van der Waals surface area (Å²) in [7, 11) is -1.24. The van der Waals surface area contributed by atoms with E-state index < -0.39 is 14.6 Å². The lowest BCUT2D eigenvalue weighted by molar-refractivity contribution is 0.579. The molecule has 1 aliphatic rings. The Bertz CT molecular complexity index is 306. The summed E-state index contributed by atoms with van der Waals surface area (Å²) in [6, 6.07) is 0. The van der Waals surface area contributed by atoms with Crippen molar-refractivity contribution in [3.05, 3.63) is 0 Å². The quantitative estimate of drug-likeness (QED) is 0.640. The van der Waals surface area contributed by atoms with E-state index in [1.165, 1.54) is 6.26 Å². The lowest BCUT2D eigenvalue weighted by atomic mass is 10.4. The van der Waals surface area contributed by atoms with Crippen LogP contribution < -0.4 is 10.6 Å². The maximum absolute atomic E-state index is 11.3. The van der Waals surface area contributed by atoms with Gasteiger partial charge in [-0.3, -0.25) is 0 Å². The molecule has 0 bridgehead atoms. The van der Waals surface area contributed by atoms with Gasteiger partial charge in [0.25, 0.3) is 0 Å². The third-order valence-electron chi connectivity index (χ3n) is 2.39. The van der Waals surface area contributed by atoms with Crippen molar-refractivity contribution in [2.75, 3.05) is 19.8 Å². The zero-order valence-corrected chi connectivity index (χ0v) is 9.39. The average Bonchev–Trinajstić information content (AvgIpc) is 2.79. The highest BCUT2D eigenvalue weighted by atomic mass is 32.2. The van der Waals surface area contributed by atoms with Crippen molar-refractivity contribution in [3.8, 4) is 0 Å². The Hall–Kier alpha value is -0.360. The fourth-order valence-electron chi connectivity index (χ4n) is 1.15. The summed E-state index contributed by atoms with van der Waals surface area (Å²) < 4.78 is 22.1. The molecule has 76 valence electrons. The predicted octanol–water partition coefficient (Wildman–Crippen LogP) is -0.342. The molecule has 0 aromatic carbocycles. The molecule has 1 aliphatic carbocycles. The summed E-state index contributed by atoms with van der Waals surface area (Å²) in [6.45, 7) is 0.422. The van der Waals surface area contributed by atoms with Gasteiger partial charge < -0.3 is 10.6 Å². The molecular formula is C7H14N2O2S2. The minimum absolute atomic E-state index is 0.422. The van der Waals surface area contributed by atoms with Crippen LogP contribution in [0.1, 0.15) is 12.8 Å². The Morgan fingerprint density at radius 2 is 2.08 bits per heavy atom. The fraction of sp³-hybridized carbons (Fsp3) is 0.857. The third-order valence-corrected chi connectivity index (χ3v) is 4.87. The molecule has 0 amide bonds. The van der Waals surface area contributed by atoms with Crippen LogP contribution in [-0.4, -0.2) is 38.1 Å². The highest BCUT2D eigenvalue weighted by molar-refractivity contribution is 7.92. The van der Waals surface area contributed by atoms with Crippen molar-refractivity contribution in [2.45, 2.75) is 17.6 Å². The summed E-state index contributed by atoms with van der Waals surface area (Å²) in [5.41, 5.74) is 0. The van der Waals surface area contributed by atoms with E-state index in [-0.39, 0.29) is 0 Å². The second kappa shape index (κ2) is 3.42. The van der Waals surface area contributed by atoms with E-state index in [4.69, 9.17) is 12.2 Å². The van der Waals surface area contributed by atoms with Crippen molar-refractivity contribution in [1.29, 1.82) is 0 Å². The van der Waals surface area contributed by atoms with E-state index in [0.29, 0.717) is 11.7 Å². The van der Waals surface area contributed by atoms with E-state index in [9.17, 15) is 8.42 Å². The molecule has 2 N–H and O–H groups in total. The molecule has 0 radical (unpaired) electrons. The first-order valence-electron chi connectivity index (χ1n) is 4.06. The largest absolute Gasteiger partial charge is 0.366 e. The first kappa shape index (κ1) is 10.7. The second-order valence-corrected chi connectivity index (χ2v) is 6.21. The molecule has 1 rings (SSSR count). The molecule has 13 heavy (non-hydrogen) atoms. The van der Waals surface area contributed by atoms with Gasteiger partial charge in [0.15, 0.2) is 14.9 Å². The fourth-order valence-corrected chi connectivity index (χ4v) is 2.40. The van der Waals surface area contributed by atoms with Gasteiger partial charge in [0.1, 0.15) is 0 Å². The van der Waals surface area contributed by atoms with Crippen LogP contribution in [0, 0.1) is 0 Å². The molecule has 0 heterocycles. The molecule has 1 saturated carbocycles. The first-order valence-corrected chi connectivity index (χ1v) is 6.36. The van der Waals surface area contributed by atoms with Gasteiger partial charge in [-0.2, -0.15) is 0 Å². The van der Waals surface area contributed by atoms with Crippen molar-refractivity contribution >= 4 is 27.2 Å². The molecule has 1 fully saturated rings. The Morgan fingerprint density at radius 3 is 2.38 bits per heavy atom. The Balaban J connectivity index is 2.51. The van der Waals surface area contributed by atoms with Gasteiger partial charge in [-0.25, -0.2) is 8.42 Å². The van der Waals surface area contributed by atoms with Gasteiger partial charge in [0.05, 0.1) is 4.75 Å². The van der Waals surface area contributed by atoms with Gasteiger partial charge in [-0.1, -0.05) is 0 Å². The molecule has 0 saturated heterocycles. The number of sulfone groups is 1. The lowest BCUT2D eigenvalue weighted by Crippen LogP contribution is -2.41. The summed E-state index contributed by atoms with van der Waals surface area (Å²) in [5.74, 6) is 0. The topological polar surface area (TPSA) is 58.2 Å². The zero-order chi connectivity index (χ0) is 10.1. The molecule has 0 aromatic rings. The molecule has 6 heteroatoms. The molecule has 0 aliphatic heterocycles. The van der Waals surface area contributed by atoms with E-state index in [1.54, 1.807) is 7.05 Å². The van der Waals surface area contributed by atoms with Gasteiger partial charge >= 0.3 is 0 Å². The van der Waals surface area contributed by atoms with Gasteiger partial charge in [-0.05, 0) is 25.1 Å². The zero-order valence-electron chi connectivity index (χ0n) is 7.75.